The Morgan fingerprint density at radius 1 is 0.815 bits per heavy atom. The third-order valence-electron chi connectivity index (χ3n) is 3.71. The molecule has 142 valence electrons. The quantitative estimate of drug-likeness (QED) is 0.598. The van der Waals surface area contributed by atoms with Crippen LogP contribution in [-0.2, 0) is 4.79 Å². The van der Waals surface area contributed by atoms with E-state index < -0.39 is 0 Å². The molecule has 0 spiro atoms. The van der Waals surface area contributed by atoms with Crippen molar-refractivity contribution >= 4 is 39.3 Å². The maximum atomic E-state index is 12.0. The molecule has 0 aliphatic carbocycles. The molecule has 2 aromatic rings. The van der Waals surface area contributed by atoms with Gasteiger partial charge in [-0.25, -0.2) is 0 Å². The van der Waals surface area contributed by atoms with Crippen LogP contribution in [0.25, 0.3) is 0 Å². The average Bonchev–Trinajstić information content (AvgIpc) is 2.67. The van der Waals surface area contributed by atoms with Crippen molar-refractivity contribution in [3.63, 3.8) is 0 Å². The Morgan fingerprint density at radius 3 is 1.89 bits per heavy atom. The minimum absolute atomic E-state index is 0.134. The third-order valence-corrected chi connectivity index (χ3v) is 4.24. The molecule has 3 amide bonds. The summed E-state index contributed by atoms with van der Waals surface area (Å²) in [6, 6.07) is 13.7. The van der Waals surface area contributed by atoms with Crippen LogP contribution in [0.15, 0.2) is 53.0 Å². The van der Waals surface area contributed by atoms with Crippen LogP contribution in [0.1, 0.15) is 40.5 Å². The summed E-state index contributed by atoms with van der Waals surface area (Å²) in [4.78, 5) is 35.8. The largest absolute Gasteiger partial charge is 0.352 e. The van der Waals surface area contributed by atoms with E-state index in [0.717, 1.165) is 10.9 Å². The molecule has 6 nitrogen and oxygen atoms in total. The van der Waals surface area contributed by atoms with E-state index in [1.165, 1.54) is 0 Å². The average molecular weight is 432 g/mol. The number of benzene rings is 2. The van der Waals surface area contributed by atoms with Crippen LogP contribution in [-0.4, -0.2) is 30.8 Å². The molecule has 0 atom stereocenters. The van der Waals surface area contributed by atoms with Gasteiger partial charge in [-0.3, -0.25) is 14.4 Å². The van der Waals surface area contributed by atoms with Crippen molar-refractivity contribution in [3.8, 4) is 0 Å². The molecule has 0 fully saturated rings. The van der Waals surface area contributed by atoms with Crippen LogP contribution in [0.3, 0.4) is 0 Å². The first-order valence-corrected chi connectivity index (χ1v) is 9.50. The molecule has 3 N–H and O–H groups in total. The molecule has 0 aromatic heterocycles. The minimum Gasteiger partial charge on any atom is -0.352 e. The zero-order chi connectivity index (χ0) is 19.6. The zero-order valence-corrected chi connectivity index (χ0v) is 16.6. The van der Waals surface area contributed by atoms with Gasteiger partial charge in [0.1, 0.15) is 0 Å². The fraction of sp³-hybridized carbons (Fsp3) is 0.250. The van der Waals surface area contributed by atoms with Crippen molar-refractivity contribution < 1.29 is 14.4 Å². The molecule has 2 rings (SSSR count). The number of amides is 3. The van der Waals surface area contributed by atoms with E-state index in [9.17, 15) is 14.4 Å². The Hall–Kier alpha value is -2.67. The van der Waals surface area contributed by atoms with Gasteiger partial charge >= 0.3 is 0 Å². The number of anilines is 1. The lowest BCUT2D eigenvalue weighted by Crippen LogP contribution is -2.27. The number of nitrogens with one attached hydrogen (secondary N) is 3. The lowest BCUT2D eigenvalue weighted by atomic mass is 10.2. The first-order chi connectivity index (χ1) is 13.0. The zero-order valence-electron chi connectivity index (χ0n) is 15.0. The summed E-state index contributed by atoms with van der Waals surface area (Å²) < 4.78 is 0.896. The molecule has 7 heteroatoms. The fourth-order valence-corrected chi connectivity index (χ4v) is 2.53. The normalized spacial score (nSPS) is 10.1. The molecule has 2 aromatic carbocycles. The van der Waals surface area contributed by atoms with Crippen molar-refractivity contribution in [1.82, 2.24) is 10.6 Å². The van der Waals surface area contributed by atoms with E-state index in [0.29, 0.717) is 23.4 Å². The third kappa shape index (κ3) is 6.86. The van der Waals surface area contributed by atoms with Gasteiger partial charge in [-0.05, 0) is 55.0 Å². The Balaban J connectivity index is 1.76. The monoisotopic (exact) mass is 431 g/mol. The van der Waals surface area contributed by atoms with E-state index in [1.807, 2.05) is 6.92 Å². The Bertz CT molecular complexity index is 789. The van der Waals surface area contributed by atoms with Crippen LogP contribution >= 0.6 is 15.9 Å². The number of carbonyl (C=O) groups is 3. The maximum absolute atomic E-state index is 12.0. The van der Waals surface area contributed by atoms with Crippen molar-refractivity contribution in [3.05, 3.63) is 64.1 Å². The van der Waals surface area contributed by atoms with Crippen LogP contribution in [0, 0.1) is 0 Å². The predicted octanol–water partition coefficient (Wildman–Crippen LogP) is 3.35. The summed E-state index contributed by atoms with van der Waals surface area (Å²) in [5.74, 6) is -0.572. The molecular formula is C20H22BrN3O3. The molecular weight excluding hydrogens is 410 g/mol. The topological polar surface area (TPSA) is 87.3 Å². The van der Waals surface area contributed by atoms with Crippen molar-refractivity contribution in [2.45, 2.75) is 19.8 Å². The highest BCUT2D eigenvalue weighted by Gasteiger charge is 2.08. The molecule has 0 saturated heterocycles. The second-order valence-electron chi connectivity index (χ2n) is 5.89. The van der Waals surface area contributed by atoms with Crippen LogP contribution in [0.4, 0.5) is 5.69 Å². The number of hydrogen-bond donors (Lipinski definition) is 3. The Kier molecular flexibility index (Phi) is 8.00. The highest BCUT2D eigenvalue weighted by molar-refractivity contribution is 9.10. The summed E-state index contributed by atoms with van der Waals surface area (Å²) in [6.45, 7) is 2.85. The first kappa shape index (κ1) is 20.6. The lowest BCUT2D eigenvalue weighted by Gasteiger charge is -2.08. The van der Waals surface area contributed by atoms with Gasteiger partial charge < -0.3 is 16.0 Å². The smallest absolute Gasteiger partial charge is 0.251 e. The molecule has 0 aliphatic heterocycles. The number of hydrogen-bond acceptors (Lipinski definition) is 3. The van der Waals surface area contributed by atoms with Gasteiger partial charge in [0.25, 0.3) is 11.8 Å². The van der Waals surface area contributed by atoms with Crippen LogP contribution in [0.2, 0.25) is 0 Å². The van der Waals surface area contributed by atoms with E-state index in [4.69, 9.17) is 0 Å². The van der Waals surface area contributed by atoms with E-state index >= 15 is 0 Å². The van der Waals surface area contributed by atoms with Crippen LogP contribution in [0.5, 0.6) is 0 Å². The van der Waals surface area contributed by atoms with Gasteiger partial charge in [0, 0.05) is 40.8 Å². The molecule has 0 aliphatic rings. The Labute approximate surface area is 166 Å². The number of carbonyl (C=O) groups excluding carboxylic acids is 3. The van der Waals surface area contributed by atoms with Crippen LogP contribution < -0.4 is 16.0 Å². The van der Waals surface area contributed by atoms with Gasteiger partial charge in [-0.1, -0.05) is 22.9 Å². The molecule has 0 heterocycles. The van der Waals surface area contributed by atoms with Crippen molar-refractivity contribution in [2.24, 2.45) is 0 Å². The van der Waals surface area contributed by atoms with Gasteiger partial charge in [0.05, 0.1) is 0 Å². The predicted molar refractivity (Wildman–Crippen MR) is 109 cm³/mol. The second-order valence-corrected chi connectivity index (χ2v) is 6.81. The molecule has 0 bridgehead atoms. The summed E-state index contributed by atoms with van der Waals surface area (Å²) in [5.41, 5.74) is 1.69. The molecule has 0 saturated carbocycles. The summed E-state index contributed by atoms with van der Waals surface area (Å²) in [7, 11) is 0. The van der Waals surface area contributed by atoms with E-state index in [2.05, 4.69) is 31.9 Å². The molecule has 0 unspecified atom stereocenters. The van der Waals surface area contributed by atoms with Gasteiger partial charge in [-0.15, -0.1) is 0 Å². The standard InChI is InChI=1S/C20H22BrN3O3/c1-2-12-22-19(26)15-5-9-17(10-6-15)24-18(25)11-13-23-20(27)14-3-7-16(21)8-4-14/h3-10H,2,11-13H2,1H3,(H,22,26)(H,23,27)(H,24,25). The van der Waals surface area contributed by atoms with E-state index in [1.54, 1.807) is 48.5 Å². The summed E-state index contributed by atoms with van der Waals surface area (Å²) in [6.07, 6.45) is 1.03. The summed E-state index contributed by atoms with van der Waals surface area (Å²) in [5, 5.41) is 8.25. The SMILES string of the molecule is CCCNC(=O)c1ccc(NC(=O)CCNC(=O)c2ccc(Br)cc2)cc1. The number of rotatable bonds is 8. The fourth-order valence-electron chi connectivity index (χ4n) is 2.26. The highest BCUT2D eigenvalue weighted by Crippen LogP contribution is 2.11. The summed E-state index contributed by atoms with van der Waals surface area (Å²) >= 11 is 3.31. The number of halogens is 1. The highest BCUT2D eigenvalue weighted by atomic mass is 79.9. The maximum Gasteiger partial charge on any atom is 0.251 e. The van der Waals surface area contributed by atoms with Gasteiger partial charge in [-0.2, -0.15) is 0 Å². The van der Waals surface area contributed by atoms with E-state index in [-0.39, 0.29) is 30.7 Å². The minimum atomic E-state index is -0.224. The van der Waals surface area contributed by atoms with Gasteiger partial charge in [0.2, 0.25) is 5.91 Å². The lowest BCUT2D eigenvalue weighted by molar-refractivity contribution is -0.116. The molecule has 27 heavy (non-hydrogen) atoms. The van der Waals surface area contributed by atoms with Crippen molar-refractivity contribution in [1.29, 1.82) is 0 Å². The second kappa shape index (κ2) is 10.5. The van der Waals surface area contributed by atoms with Gasteiger partial charge in [0.15, 0.2) is 0 Å². The Morgan fingerprint density at radius 2 is 1.33 bits per heavy atom. The molecule has 0 radical (unpaired) electrons. The first-order valence-electron chi connectivity index (χ1n) is 8.71. The van der Waals surface area contributed by atoms with Crippen molar-refractivity contribution in [2.75, 3.05) is 18.4 Å².